The number of nitrogens with zero attached hydrogens (tertiary/aromatic N) is 1. The third-order valence-corrected chi connectivity index (χ3v) is 3.62. The standard InChI is InChI=1S/C9H9ClF4N2O3S/c1-16-3-5(20(10,18)19)2-6(16)7(17)15-4-9(13,14)8(11)12/h2-3,8H,4H2,1H3,(H,15,17). The number of alkyl halides is 4. The lowest BCUT2D eigenvalue weighted by molar-refractivity contribution is -0.123. The number of halogens is 5. The quantitative estimate of drug-likeness (QED) is 0.656. The lowest BCUT2D eigenvalue weighted by Crippen LogP contribution is -2.41. The summed E-state index contributed by atoms with van der Waals surface area (Å²) in [6, 6.07) is 0.845. The lowest BCUT2D eigenvalue weighted by Gasteiger charge is -2.15. The third-order valence-electron chi connectivity index (χ3n) is 2.30. The summed E-state index contributed by atoms with van der Waals surface area (Å²) >= 11 is 0. The SMILES string of the molecule is Cn1cc(S(=O)(=O)Cl)cc1C(=O)NCC(F)(F)C(F)F. The van der Waals surface area contributed by atoms with Crippen LogP contribution in [-0.4, -0.2) is 37.8 Å². The average Bonchev–Trinajstić information content (AvgIpc) is 2.68. The minimum atomic E-state index is -4.37. The van der Waals surface area contributed by atoms with E-state index in [4.69, 9.17) is 10.7 Å². The smallest absolute Gasteiger partial charge is 0.324 e. The number of hydrogen-bond donors (Lipinski definition) is 1. The van der Waals surface area contributed by atoms with Gasteiger partial charge in [-0.2, -0.15) is 8.78 Å². The fourth-order valence-corrected chi connectivity index (χ4v) is 2.05. The highest BCUT2D eigenvalue weighted by Crippen LogP contribution is 2.22. The molecule has 0 aliphatic carbocycles. The van der Waals surface area contributed by atoms with Crippen LogP contribution in [0.2, 0.25) is 0 Å². The van der Waals surface area contributed by atoms with Gasteiger partial charge >= 0.3 is 12.3 Å². The van der Waals surface area contributed by atoms with Gasteiger partial charge in [-0.05, 0) is 6.07 Å². The summed E-state index contributed by atoms with van der Waals surface area (Å²) in [5.41, 5.74) is -0.311. The molecular formula is C9H9ClF4N2O3S. The topological polar surface area (TPSA) is 68.2 Å². The van der Waals surface area contributed by atoms with Crippen molar-refractivity contribution in [2.24, 2.45) is 7.05 Å². The van der Waals surface area contributed by atoms with E-state index in [1.54, 1.807) is 5.32 Å². The van der Waals surface area contributed by atoms with Crippen molar-refractivity contribution in [3.05, 3.63) is 18.0 Å². The minimum Gasteiger partial charge on any atom is -0.345 e. The summed E-state index contributed by atoms with van der Waals surface area (Å²) in [5, 5.41) is 1.60. The Kier molecular flexibility index (Phi) is 4.70. The number of amides is 1. The van der Waals surface area contributed by atoms with E-state index in [2.05, 4.69) is 0 Å². The molecule has 0 spiro atoms. The van der Waals surface area contributed by atoms with Crippen LogP contribution < -0.4 is 5.32 Å². The van der Waals surface area contributed by atoms with Gasteiger partial charge in [0.1, 0.15) is 10.6 Å². The van der Waals surface area contributed by atoms with Gasteiger partial charge in [-0.1, -0.05) is 0 Å². The normalized spacial score (nSPS) is 12.8. The molecule has 114 valence electrons. The fourth-order valence-electron chi connectivity index (χ4n) is 1.26. The van der Waals surface area contributed by atoms with Crippen molar-refractivity contribution < 1.29 is 30.8 Å². The lowest BCUT2D eigenvalue weighted by atomic mass is 10.3. The van der Waals surface area contributed by atoms with Crippen molar-refractivity contribution >= 4 is 25.6 Å². The molecule has 20 heavy (non-hydrogen) atoms. The Bertz CT molecular complexity index is 615. The molecule has 1 rings (SSSR count). The molecule has 0 aliphatic heterocycles. The summed E-state index contributed by atoms with van der Waals surface area (Å²) in [4.78, 5) is 11.1. The van der Waals surface area contributed by atoms with E-state index in [0.717, 1.165) is 16.8 Å². The molecule has 0 atom stereocenters. The first-order chi connectivity index (χ1) is 8.95. The van der Waals surface area contributed by atoms with E-state index in [1.807, 2.05) is 0 Å². The van der Waals surface area contributed by atoms with Crippen LogP contribution in [0.15, 0.2) is 17.2 Å². The highest BCUT2D eigenvalue weighted by Gasteiger charge is 2.41. The molecule has 11 heteroatoms. The van der Waals surface area contributed by atoms with Crippen molar-refractivity contribution in [2.45, 2.75) is 17.2 Å². The zero-order chi connectivity index (χ0) is 15.7. The second kappa shape index (κ2) is 5.60. The van der Waals surface area contributed by atoms with Crippen LogP contribution in [0.1, 0.15) is 10.5 Å². The highest BCUT2D eigenvalue weighted by molar-refractivity contribution is 8.13. The Labute approximate surface area is 115 Å². The van der Waals surface area contributed by atoms with Gasteiger partial charge in [-0.15, -0.1) is 0 Å². The first-order valence-corrected chi connectivity index (χ1v) is 7.31. The molecule has 0 saturated carbocycles. The van der Waals surface area contributed by atoms with Crippen molar-refractivity contribution in [1.29, 1.82) is 0 Å². The highest BCUT2D eigenvalue weighted by atomic mass is 35.7. The summed E-state index contributed by atoms with van der Waals surface area (Å²) in [7, 11) is 2.23. The van der Waals surface area contributed by atoms with Crippen molar-refractivity contribution in [2.75, 3.05) is 6.54 Å². The van der Waals surface area contributed by atoms with Gasteiger partial charge in [0.05, 0.1) is 6.54 Å². The largest absolute Gasteiger partial charge is 0.345 e. The molecule has 1 amide bonds. The molecule has 0 saturated heterocycles. The Morgan fingerprint density at radius 3 is 2.45 bits per heavy atom. The van der Waals surface area contributed by atoms with E-state index in [1.165, 1.54) is 7.05 Å². The molecule has 1 aromatic rings. The Morgan fingerprint density at radius 2 is 2.05 bits per heavy atom. The van der Waals surface area contributed by atoms with Crippen molar-refractivity contribution in [3.63, 3.8) is 0 Å². The van der Waals surface area contributed by atoms with Gasteiger partial charge in [0.15, 0.2) is 0 Å². The predicted molar refractivity (Wildman–Crippen MR) is 61.7 cm³/mol. The monoisotopic (exact) mass is 336 g/mol. The molecular weight excluding hydrogens is 328 g/mol. The van der Waals surface area contributed by atoms with Crippen LogP contribution in [0.4, 0.5) is 17.6 Å². The molecule has 0 radical (unpaired) electrons. The number of rotatable bonds is 5. The fraction of sp³-hybridized carbons (Fsp3) is 0.444. The molecule has 0 aliphatic rings. The summed E-state index contributed by atoms with van der Waals surface area (Å²) in [6.07, 6.45) is -2.93. The molecule has 5 nitrogen and oxygen atoms in total. The number of nitrogens with one attached hydrogen (secondary N) is 1. The Balaban J connectivity index is 2.87. The first-order valence-electron chi connectivity index (χ1n) is 5.00. The number of aromatic nitrogens is 1. The van der Waals surface area contributed by atoms with Crippen molar-refractivity contribution in [3.8, 4) is 0 Å². The summed E-state index contributed by atoms with van der Waals surface area (Å²) in [6.45, 7) is -1.57. The van der Waals surface area contributed by atoms with Crippen LogP contribution in [-0.2, 0) is 16.1 Å². The zero-order valence-corrected chi connectivity index (χ0v) is 11.5. The third kappa shape index (κ3) is 3.85. The average molecular weight is 337 g/mol. The van der Waals surface area contributed by atoms with Gasteiger partial charge in [0, 0.05) is 23.9 Å². The molecule has 0 unspecified atom stereocenters. The number of carbonyl (C=O) groups excluding carboxylic acids is 1. The number of aryl methyl sites for hydroxylation is 1. The minimum absolute atomic E-state index is 0.311. The maximum atomic E-state index is 12.6. The molecule has 0 fully saturated rings. The maximum absolute atomic E-state index is 12.6. The molecule has 0 aromatic carbocycles. The van der Waals surface area contributed by atoms with Crippen LogP contribution in [0.25, 0.3) is 0 Å². The molecule has 1 N–H and O–H groups in total. The van der Waals surface area contributed by atoms with Gasteiger partial charge in [0.2, 0.25) is 0 Å². The second-order valence-corrected chi connectivity index (χ2v) is 6.42. The summed E-state index contributed by atoms with van der Waals surface area (Å²) < 4.78 is 72.1. The molecule has 1 heterocycles. The zero-order valence-electron chi connectivity index (χ0n) is 9.91. The Hall–Kier alpha value is -1.29. The van der Waals surface area contributed by atoms with Gasteiger partial charge in [0.25, 0.3) is 15.0 Å². The van der Waals surface area contributed by atoms with E-state index in [0.29, 0.717) is 0 Å². The summed E-state index contributed by atoms with van der Waals surface area (Å²) in [5.74, 6) is -5.50. The van der Waals surface area contributed by atoms with E-state index in [9.17, 15) is 30.8 Å². The van der Waals surface area contributed by atoms with Gasteiger partial charge < -0.3 is 9.88 Å². The Morgan fingerprint density at radius 1 is 1.50 bits per heavy atom. The number of hydrogen-bond acceptors (Lipinski definition) is 3. The van der Waals surface area contributed by atoms with Crippen LogP contribution >= 0.6 is 10.7 Å². The van der Waals surface area contributed by atoms with Crippen LogP contribution in [0.3, 0.4) is 0 Å². The maximum Gasteiger partial charge on any atom is 0.324 e. The van der Waals surface area contributed by atoms with Crippen molar-refractivity contribution in [1.82, 2.24) is 9.88 Å². The van der Waals surface area contributed by atoms with Gasteiger partial charge in [-0.25, -0.2) is 17.2 Å². The van der Waals surface area contributed by atoms with Gasteiger partial charge in [-0.3, -0.25) is 4.79 Å². The van der Waals surface area contributed by atoms with Crippen LogP contribution in [0.5, 0.6) is 0 Å². The van der Waals surface area contributed by atoms with E-state index in [-0.39, 0.29) is 5.69 Å². The predicted octanol–water partition coefficient (Wildman–Crippen LogP) is 1.58. The first kappa shape index (κ1) is 16.8. The molecule has 0 bridgehead atoms. The van der Waals surface area contributed by atoms with E-state index < -0.39 is 38.7 Å². The van der Waals surface area contributed by atoms with Crippen LogP contribution in [0, 0.1) is 0 Å². The number of carbonyl (C=O) groups is 1. The second-order valence-electron chi connectivity index (χ2n) is 3.85. The van der Waals surface area contributed by atoms with E-state index >= 15 is 0 Å². The molecule has 1 aromatic heterocycles.